The molecule has 0 aliphatic heterocycles. The number of halogens is 1. The van der Waals surface area contributed by atoms with Crippen molar-refractivity contribution in [1.29, 1.82) is 5.26 Å². The standard InChI is InChI=1S/C13H13BrN2O2/c1-18-11-4-3-9(7-10(11)14)16-12(17)13(8-15)5-2-6-13/h3-4,7H,2,5-6H2,1H3,(H,16,17). The number of nitriles is 1. The molecule has 0 bridgehead atoms. The maximum Gasteiger partial charge on any atom is 0.244 e. The number of rotatable bonds is 3. The summed E-state index contributed by atoms with van der Waals surface area (Å²) in [4.78, 5) is 12.0. The Bertz CT molecular complexity index is 518. The van der Waals surface area contributed by atoms with Crippen molar-refractivity contribution in [3.8, 4) is 11.8 Å². The minimum absolute atomic E-state index is 0.215. The van der Waals surface area contributed by atoms with Crippen LogP contribution in [0.4, 0.5) is 5.69 Å². The first-order chi connectivity index (χ1) is 8.61. The summed E-state index contributed by atoms with van der Waals surface area (Å²) in [6.45, 7) is 0. The zero-order valence-corrected chi connectivity index (χ0v) is 11.6. The second-order valence-corrected chi connectivity index (χ2v) is 5.21. The third-order valence-corrected chi connectivity index (χ3v) is 3.89. The number of methoxy groups -OCH3 is 1. The van der Waals surface area contributed by atoms with E-state index in [4.69, 9.17) is 10.00 Å². The van der Waals surface area contributed by atoms with Crippen LogP contribution >= 0.6 is 15.9 Å². The predicted octanol–water partition coefficient (Wildman–Crippen LogP) is 3.09. The number of carbonyl (C=O) groups is 1. The number of nitrogens with zero attached hydrogens (tertiary/aromatic N) is 1. The van der Waals surface area contributed by atoms with Crippen molar-refractivity contribution in [1.82, 2.24) is 0 Å². The van der Waals surface area contributed by atoms with Gasteiger partial charge < -0.3 is 10.1 Å². The van der Waals surface area contributed by atoms with Gasteiger partial charge in [0, 0.05) is 5.69 Å². The molecular formula is C13H13BrN2O2. The fourth-order valence-electron chi connectivity index (χ4n) is 1.91. The molecule has 0 atom stereocenters. The maximum atomic E-state index is 12.0. The van der Waals surface area contributed by atoms with Crippen LogP contribution in [0.15, 0.2) is 22.7 Å². The highest BCUT2D eigenvalue weighted by molar-refractivity contribution is 9.10. The molecule has 1 aromatic carbocycles. The van der Waals surface area contributed by atoms with Crippen molar-refractivity contribution < 1.29 is 9.53 Å². The number of carbonyl (C=O) groups excluding carboxylic acids is 1. The average Bonchev–Trinajstić information content (AvgIpc) is 2.28. The van der Waals surface area contributed by atoms with Crippen LogP contribution in [0.3, 0.4) is 0 Å². The smallest absolute Gasteiger partial charge is 0.244 e. The topological polar surface area (TPSA) is 62.1 Å². The number of ether oxygens (including phenoxy) is 1. The van der Waals surface area contributed by atoms with Gasteiger partial charge in [-0.25, -0.2) is 0 Å². The lowest BCUT2D eigenvalue weighted by Crippen LogP contribution is -2.40. The lowest BCUT2D eigenvalue weighted by molar-refractivity contribution is -0.126. The van der Waals surface area contributed by atoms with Gasteiger partial charge in [-0.3, -0.25) is 4.79 Å². The molecule has 1 fully saturated rings. The molecule has 0 aromatic heterocycles. The number of benzene rings is 1. The average molecular weight is 309 g/mol. The van der Waals surface area contributed by atoms with Gasteiger partial charge >= 0.3 is 0 Å². The molecule has 1 aromatic rings. The van der Waals surface area contributed by atoms with E-state index in [9.17, 15) is 4.79 Å². The maximum absolute atomic E-state index is 12.0. The molecule has 5 heteroatoms. The molecule has 0 heterocycles. The highest BCUT2D eigenvalue weighted by atomic mass is 79.9. The van der Waals surface area contributed by atoms with Crippen LogP contribution < -0.4 is 10.1 Å². The van der Waals surface area contributed by atoms with Crippen molar-refractivity contribution in [2.45, 2.75) is 19.3 Å². The molecule has 94 valence electrons. The summed E-state index contributed by atoms with van der Waals surface area (Å²) in [6, 6.07) is 7.41. The Balaban J connectivity index is 2.13. The Hall–Kier alpha value is -1.54. The number of anilines is 1. The number of amides is 1. The quantitative estimate of drug-likeness (QED) is 0.933. The molecule has 0 spiro atoms. The van der Waals surface area contributed by atoms with E-state index in [1.54, 1.807) is 25.3 Å². The van der Waals surface area contributed by atoms with Crippen LogP contribution in [0.5, 0.6) is 5.75 Å². The van der Waals surface area contributed by atoms with Gasteiger partial charge in [0.1, 0.15) is 11.2 Å². The number of nitrogens with one attached hydrogen (secondary N) is 1. The van der Waals surface area contributed by atoms with E-state index in [2.05, 4.69) is 27.3 Å². The van der Waals surface area contributed by atoms with Gasteiger partial charge in [-0.1, -0.05) is 0 Å². The van der Waals surface area contributed by atoms with E-state index in [0.717, 1.165) is 10.9 Å². The van der Waals surface area contributed by atoms with Gasteiger partial charge in [0.05, 0.1) is 17.7 Å². The molecular weight excluding hydrogens is 296 g/mol. The molecule has 0 saturated heterocycles. The minimum Gasteiger partial charge on any atom is -0.496 e. The predicted molar refractivity (Wildman–Crippen MR) is 71.2 cm³/mol. The summed E-state index contributed by atoms with van der Waals surface area (Å²) in [6.07, 6.45) is 2.23. The zero-order chi connectivity index (χ0) is 13.2. The highest BCUT2D eigenvalue weighted by Gasteiger charge is 2.44. The van der Waals surface area contributed by atoms with Crippen LogP contribution in [-0.4, -0.2) is 13.0 Å². The molecule has 0 unspecified atom stereocenters. The highest BCUT2D eigenvalue weighted by Crippen LogP contribution is 2.41. The second-order valence-electron chi connectivity index (χ2n) is 4.35. The van der Waals surface area contributed by atoms with Crippen molar-refractivity contribution in [2.75, 3.05) is 12.4 Å². The Morgan fingerprint density at radius 2 is 2.28 bits per heavy atom. The van der Waals surface area contributed by atoms with Gasteiger partial charge in [0.2, 0.25) is 5.91 Å². The largest absolute Gasteiger partial charge is 0.496 e. The normalized spacial score (nSPS) is 16.3. The lowest BCUT2D eigenvalue weighted by atomic mass is 9.69. The fourth-order valence-corrected chi connectivity index (χ4v) is 2.46. The van der Waals surface area contributed by atoms with Gasteiger partial charge in [-0.2, -0.15) is 5.26 Å². The van der Waals surface area contributed by atoms with Crippen molar-refractivity contribution in [3.63, 3.8) is 0 Å². The van der Waals surface area contributed by atoms with E-state index in [-0.39, 0.29) is 5.91 Å². The van der Waals surface area contributed by atoms with Gasteiger partial charge in [0.15, 0.2) is 0 Å². The molecule has 0 radical (unpaired) electrons. The summed E-state index contributed by atoms with van der Waals surface area (Å²) in [7, 11) is 1.58. The van der Waals surface area contributed by atoms with Crippen molar-refractivity contribution >= 4 is 27.5 Å². The Morgan fingerprint density at radius 3 is 2.72 bits per heavy atom. The van der Waals surface area contributed by atoms with E-state index in [1.807, 2.05) is 0 Å². The second kappa shape index (κ2) is 4.99. The Kier molecular flexibility index (Phi) is 3.58. The summed E-state index contributed by atoms with van der Waals surface area (Å²) in [5, 5.41) is 11.9. The van der Waals surface area contributed by atoms with Crippen LogP contribution in [0.1, 0.15) is 19.3 Å². The summed E-state index contributed by atoms with van der Waals surface area (Å²) in [5.74, 6) is 0.486. The molecule has 1 N–H and O–H groups in total. The zero-order valence-electron chi connectivity index (χ0n) is 10.00. The van der Waals surface area contributed by atoms with E-state index >= 15 is 0 Å². The summed E-state index contributed by atoms with van der Waals surface area (Å²) >= 11 is 3.35. The molecule has 18 heavy (non-hydrogen) atoms. The minimum atomic E-state index is -0.827. The summed E-state index contributed by atoms with van der Waals surface area (Å²) in [5.41, 5.74) is -0.166. The van der Waals surface area contributed by atoms with E-state index in [0.29, 0.717) is 24.3 Å². The first kappa shape index (κ1) is 12.9. The van der Waals surface area contributed by atoms with Gasteiger partial charge in [-0.15, -0.1) is 0 Å². The first-order valence-electron chi connectivity index (χ1n) is 5.67. The first-order valence-corrected chi connectivity index (χ1v) is 6.47. The third-order valence-electron chi connectivity index (χ3n) is 3.27. The van der Waals surface area contributed by atoms with Gasteiger partial charge in [0.25, 0.3) is 0 Å². The summed E-state index contributed by atoms with van der Waals surface area (Å²) < 4.78 is 5.88. The molecule has 4 nitrogen and oxygen atoms in total. The molecule has 1 amide bonds. The molecule has 1 aliphatic rings. The molecule has 1 saturated carbocycles. The monoisotopic (exact) mass is 308 g/mol. The number of hydrogen-bond acceptors (Lipinski definition) is 3. The Labute approximate surface area is 114 Å². The fraction of sp³-hybridized carbons (Fsp3) is 0.385. The third kappa shape index (κ3) is 2.21. The lowest BCUT2D eigenvalue weighted by Gasteiger charge is -2.33. The number of hydrogen-bond donors (Lipinski definition) is 1. The van der Waals surface area contributed by atoms with Crippen molar-refractivity contribution in [3.05, 3.63) is 22.7 Å². The van der Waals surface area contributed by atoms with E-state index < -0.39 is 5.41 Å². The van der Waals surface area contributed by atoms with Crippen LogP contribution in [0.2, 0.25) is 0 Å². The van der Waals surface area contributed by atoms with Crippen LogP contribution in [0.25, 0.3) is 0 Å². The van der Waals surface area contributed by atoms with Crippen LogP contribution in [-0.2, 0) is 4.79 Å². The van der Waals surface area contributed by atoms with Crippen LogP contribution in [0, 0.1) is 16.7 Å². The Morgan fingerprint density at radius 1 is 1.56 bits per heavy atom. The van der Waals surface area contributed by atoms with E-state index in [1.165, 1.54) is 0 Å². The van der Waals surface area contributed by atoms with Crippen molar-refractivity contribution in [2.24, 2.45) is 5.41 Å². The molecule has 1 aliphatic carbocycles. The SMILES string of the molecule is COc1ccc(NC(=O)C2(C#N)CCC2)cc1Br. The molecule has 2 rings (SSSR count). The van der Waals surface area contributed by atoms with Gasteiger partial charge in [-0.05, 0) is 53.4 Å².